The number of carbonyl (C=O) groups is 2. The van der Waals surface area contributed by atoms with Crippen molar-refractivity contribution in [3.63, 3.8) is 0 Å². The maximum Gasteiger partial charge on any atom is 0.272 e. The molecule has 1 aliphatic heterocycles. The quantitative estimate of drug-likeness (QED) is 0.134. The average molecular weight is 790 g/mol. The van der Waals surface area contributed by atoms with E-state index in [0.29, 0.717) is 80.5 Å². The molecule has 10 nitrogen and oxygen atoms in total. The maximum absolute atomic E-state index is 14.7. The molecule has 276 valence electrons. The van der Waals surface area contributed by atoms with Gasteiger partial charge in [-0.2, -0.15) is 0 Å². The molecule has 55 heavy (non-hydrogen) atoms. The van der Waals surface area contributed by atoms with E-state index in [1.54, 1.807) is 49.2 Å². The van der Waals surface area contributed by atoms with Gasteiger partial charge in [0.2, 0.25) is 0 Å². The van der Waals surface area contributed by atoms with E-state index in [-0.39, 0.29) is 23.9 Å². The molecule has 2 amide bonds. The minimum Gasteiger partial charge on any atom is -0.355 e. The van der Waals surface area contributed by atoms with Gasteiger partial charge < -0.3 is 25.1 Å². The topological polar surface area (TPSA) is 121 Å². The first-order valence-electron chi connectivity index (χ1n) is 17.9. The zero-order valence-corrected chi connectivity index (χ0v) is 31.9. The van der Waals surface area contributed by atoms with Crippen LogP contribution >= 0.6 is 34.8 Å². The first-order valence-corrected chi connectivity index (χ1v) is 19.0. The molecule has 1 atom stereocenters. The number of anilines is 2. The second-order valence-electron chi connectivity index (χ2n) is 13.4. The second kappa shape index (κ2) is 15.6. The zero-order chi connectivity index (χ0) is 38.1. The number of imidazole rings is 1. The normalized spacial score (nSPS) is 13.9. The van der Waals surface area contributed by atoms with Gasteiger partial charge in [0.15, 0.2) is 5.82 Å². The molecule has 0 saturated carbocycles. The standard InChI is InChI=1S/C42H35Cl3N8O2/c1-25(31-13-11-28(43)21-33(31)45)53-24-48-37(26-7-3-2-4-8-26)39(53)36-32-14-12-29(44)22-35(32)50-38(36)42(55)51-34-10-6-18-47-40(34)52-19-15-30(16-20-52)49-41(54)27-9-5-17-46-23-27/h2-14,17-18,21-25,30,50H,15-16,19-20H2,1H3,(H,49,54)(H,51,55)/t25-/m0/s1. The Morgan fingerprint density at radius 1 is 0.855 bits per heavy atom. The van der Waals surface area contributed by atoms with Crippen LogP contribution in [-0.2, 0) is 0 Å². The Morgan fingerprint density at radius 3 is 2.38 bits per heavy atom. The molecule has 0 bridgehead atoms. The number of nitrogens with one attached hydrogen (secondary N) is 3. The van der Waals surface area contributed by atoms with Gasteiger partial charge in [0, 0.05) is 74.8 Å². The van der Waals surface area contributed by atoms with Gasteiger partial charge in [-0.25, -0.2) is 9.97 Å². The highest BCUT2D eigenvalue weighted by Gasteiger charge is 2.30. The molecule has 4 aromatic heterocycles. The molecular weight excluding hydrogens is 755 g/mol. The lowest BCUT2D eigenvalue weighted by Gasteiger charge is -2.34. The number of H-pyrrole nitrogens is 1. The number of carbonyl (C=O) groups excluding carboxylic acids is 2. The molecule has 1 saturated heterocycles. The average Bonchev–Trinajstić information content (AvgIpc) is 3.80. The van der Waals surface area contributed by atoms with Crippen molar-refractivity contribution in [3.05, 3.63) is 148 Å². The highest BCUT2D eigenvalue weighted by molar-refractivity contribution is 6.35. The number of nitrogens with zero attached hydrogens (tertiary/aromatic N) is 5. The predicted molar refractivity (Wildman–Crippen MR) is 219 cm³/mol. The summed E-state index contributed by atoms with van der Waals surface area (Å²) in [5, 5.41) is 8.68. The van der Waals surface area contributed by atoms with Gasteiger partial charge in [-0.05, 0) is 73.9 Å². The number of amides is 2. The van der Waals surface area contributed by atoms with Crippen LogP contribution in [0.3, 0.4) is 0 Å². The highest BCUT2D eigenvalue weighted by Crippen LogP contribution is 2.42. The summed E-state index contributed by atoms with van der Waals surface area (Å²) in [6.07, 6.45) is 8.13. The third kappa shape index (κ3) is 7.41. The molecule has 0 unspecified atom stereocenters. The molecule has 1 fully saturated rings. The van der Waals surface area contributed by atoms with Crippen LogP contribution in [0.15, 0.2) is 116 Å². The van der Waals surface area contributed by atoms with Crippen LogP contribution in [0.5, 0.6) is 0 Å². The van der Waals surface area contributed by atoms with Crippen LogP contribution in [0.4, 0.5) is 11.5 Å². The van der Waals surface area contributed by atoms with Crippen molar-refractivity contribution in [1.29, 1.82) is 0 Å². The van der Waals surface area contributed by atoms with Gasteiger partial charge in [0.25, 0.3) is 11.8 Å². The molecule has 5 heterocycles. The SMILES string of the molecule is C[C@@H](c1ccc(Cl)cc1Cl)n1cnc(-c2ccccc2)c1-c1c(C(=O)Nc2cccnc2N2CCC(NC(=O)c3cccnc3)CC2)[nH]c2cc(Cl)ccc12. The Balaban J connectivity index is 1.15. The van der Waals surface area contributed by atoms with Crippen molar-refractivity contribution in [3.8, 4) is 22.5 Å². The maximum atomic E-state index is 14.7. The molecule has 1 aliphatic rings. The molecule has 7 aromatic rings. The Labute approximate surface area is 332 Å². The van der Waals surface area contributed by atoms with Crippen LogP contribution in [0.25, 0.3) is 33.4 Å². The molecule has 8 rings (SSSR count). The lowest BCUT2D eigenvalue weighted by atomic mass is 9.99. The van der Waals surface area contributed by atoms with Gasteiger partial charge >= 0.3 is 0 Å². The highest BCUT2D eigenvalue weighted by atomic mass is 35.5. The zero-order valence-electron chi connectivity index (χ0n) is 29.6. The summed E-state index contributed by atoms with van der Waals surface area (Å²) in [6.45, 7) is 3.31. The lowest BCUT2D eigenvalue weighted by Crippen LogP contribution is -2.45. The fraction of sp³-hybridized carbons (Fsp3) is 0.167. The van der Waals surface area contributed by atoms with Crippen LogP contribution in [-0.4, -0.2) is 55.4 Å². The van der Waals surface area contributed by atoms with E-state index in [1.807, 2.05) is 78.2 Å². The largest absolute Gasteiger partial charge is 0.355 e. The van der Waals surface area contributed by atoms with E-state index >= 15 is 0 Å². The van der Waals surface area contributed by atoms with Crippen LogP contribution in [0, 0.1) is 0 Å². The van der Waals surface area contributed by atoms with Crippen LogP contribution in [0.2, 0.25) is 15.1 Å². The summed E-state index contributed by atoms with van der Waals surface area (Å²) < 4.78 is 2.04. The lowest BCUT2D eigenvalue weighted by molar-refractivity contribution is 0.0930. The Bertz CT molecular complexity index is 2510. The molecule has 3 N–H and O–H groups in total. The summed E-state index contributed by atoms with van der Waals surface area (Å²) in [7, 11) is 0. The van der Waals surface area contributed by atoms with Crippen LogP contribution < -0.4 is 15.5 Å². The number of aromatic amines is 1. The third-order valence-corrected chi connectivity index (χ3v) is 10.8. The molecule has 13 heteroatoms. The monoisotopic (exact) mass is 788 g/mol. The number of rotatable bonds is 9. The number of piperidine rings is 1. The van der Waals surface area contributed by atoms with E-state index in [0.717, 1.165) is 22.2 Å². The van der Waals surface area contributed by atoms with Crippen molar-refractivity contribution >= 4 is 69.0 Å². The van der Waals surface area contributed by atoms with Gasteiger partial charge in [-0.1, -0.05) is 77.3 Å². The van der Waals surface area contributed by atoms with E-state index in [9.17, 15) is 9.59 Å². The van der Waals surface area contributed by atoms with Crippen molar-refractivity contribution < 1.29 is 9.59 Å². The fourth-order valence-electron chi connectivity index (χ4n) is 7.22. The molecular formula is C42H35Cl3N8O2. The minimum absolute atomic E-state index is 0.000229. The first-order chi connectivity index (χ1) is 26.7. The van der Waals surface area contributed by atoms with Crippen molar-refractivity contribution in [1.82, 2.24) is 29.8 Å². The van der Waals surface area contributed by atoms with E-state index in [4.69, 9.17) is 44.8 Å². The fourth-order valence-corrected chi connectivity index (χ4v) is 7.96. The Morgan fingerprint density at radius 2 is 1.62 bits per heavy atom. The van der Waals surface area contributed by atoms with Gasteiger partial charge in [0.05, 0.1) is 35.0 Å². The number of aromatic nitrogens is 5. The van der Waals surface area contributed by atoms with Gasteiger partial charge in [-0.15, -0.1) is 0 Å². The molecule has 0 aliphatic carbocycles. The van der Waals surface area contributed by atoms with Gasteiger partial charge in [-0.3, -0.25) is 14.6 Å². The summed E-state index contributed by atoms with van der Waals surface area (Å²) in [5.74, 6) is 0.143. The predicted octanol–water partition coefficient (Wildman–Crippen LogP) is 9.71. The van der Waals surface area contributed by atoms with E-state index in [2.05, 4.69) is 25.5 Å². The van der Waals surface area contributed by atoms with Crippen LogP contribution in [0.1, 0.15) is 52.2 Å². The summed E-state index contributed by atoms with van der Waals surface area (Å²) in [4.78, 5) is 46.7. The molecule has 0 radical (unpaired) electrons. The summed E-state index contributed by atoms with van der Waals surface area (Å²) >= 11 is 19.6. The Kier molecular flexibility index (Phi) is 10.3. The van der Waals surface area contributed by atoms with Crippen molar-refractivity contribution in [2.45, 2.75) is 31.8 Å². The minimum atomic E-state index is -0.362. The third-order valence-electron chi connectivity index (χ3n) is 9.98. The summed E-state index contributed by atoms with van der Waals surface area (Å²) in [5.41, 5.74) is 5.93. The molecule has 0 spiro atoms. The first kappa shape index (κ1) is 36.3. The van der Waals surface area contributed by atoms with Crippen molar-refractivity contribution in [2.75, 3.05) is 23.3 Å². The number of hydrogen-bond donors (Lipinski definition) is 3. The molecule has 3 aromatic carbocycles. The Hall–Kier alpha value is -5.68. The van der Waals surface area contributed by atoms with E-state index < -0.39 is 0 Å². The van der Waals surface area contributed by atoms with Gasteiger partial charge in [0.1, 0.15) is 5.69 Å². The number of hydrogen-bond acceptors (Lipinski definition) is 6. The summed E-state index contributed by atoms with van der Waals surface area (Å²) in [6, 6.07) is 27.7. The smallest absolute Gasteiger partial charge is 0.272 e. The second-order valence-corrected chi connectivity index (χ2v) is 14.7. The number of halogens is 3. The van der Waals surface area contributed by atoms with Crippen molar-refractivity contribution in [2.24, 2.45) is 0 Å². The van der Waals surface area contributed by atoms with E-state index in [1.165, 1.54) is 0 Å². The number of fused-ring (bicyclic) bond motifs is 1. The number of benzene rings is 3. The number of pyridine rings is 2.